The van der Waals surface area contributed by atoms with Crippen LogP contribution in [0.5, 0.6) is 0 Å². The van der Waals surface area contributed by atoms with Crippen LogP contribution in [0.1, 0.15) is 51.9 Å². The minimum absolute atomic E-state index is 0.288. The number of ether oxygens (including phenoxy) is 1. The summed E-state index contributed by atoms with van der Waals surface area (Å²) >= 11 is 0. The lowest BCUT2D eigenvalue weighted by Crippen LogP contribution is -2.47. The van der Waals surface area contributed by atoms with E-state index in [2.05, 4.69) is 20.5 Å². The van der Waals surface area contributed by atoms with Gasteiger partial charge in [0.15, 0.2) is 15.8 Å². The zero-order chi connectivity index (χ0) is 19.6. The van der Waals surface area contributed by atoms with Crippen LogP contribution in [0.15, 0.2) is 4.99 Å². The number of rotatable bonds is 8. The monoisotopic (exact) mass is 402 g/mol. The molecule has 2 N–H and O–H groups in total. The Hall–Kier alpha value is -0.860. The van der Waals surface area contributed by atoms with Crippen molar-refractivity contribution in [2.24, 2.45) is 4.99 Å². The molecule has 0 aromatic rings. The third-order valence-electron chi connectivity index (χ3n) is 5.70. The molecule has 0 atom stereocenters. The van der Waals surface area contributed by atoms with Crippen molar-refractivity contribution < 1.29 is 13.2 Å². The normalized spacial score (nSPS) is 22.2. The van der Waals surface area contributed by atoms with E-state index in [0.717, 1.165) is 26.1 Å². The zero-order valence-electron chi connectivity index (χ0n) is 17.1. The highest BCUT2D eigenvalue weighted by Gasteiger charge is 2.42. The Labute approximate surface area is 165 Å². The van der Waals surface area contributed by atoms with Gasteiger partial charge in [-0.2, -0.15) is 0 Å². The summed E-state index contributed by atoms with van der Waals surface area (Å²) in [6.07, 6.45) is 8.78. The van der Waals surface area contributed by atoms with Crippen LogP contribution < -0.4 is 10.6 Å². The van der Waals surface area contributed by atoms with Gasteiger partial charge in [0.05, 0.1) is 11.3 Å². The van der Waals surface area contributed by atoms with Crippen LogP contribution in [0.3, 0.4) is 0 Å². The molecule has 0 bridgehead atoms. The molecular formula is C19H38N4O3S. The Balaban J connectivity index is 1.85. The van der Waals surface area contributed by atoms with Gasteiger partial charge in [-0.3, -0.25) is 4.99 Å². The summed E-state index contributed by atoms with van der Waals surface area (Å²) < 4.78 is 29.3. The molecule has 0 unspecified atom stereocenters. The fourth-order valence-corrected chi connectivity index (χ4v) is 5.03. The summed E-state index contributed by atoms with van der Waals surface area (Å²) in [5.74, 6) is 0.711. The number of nitrogens with zero attached hydrogens (tertiary/aromatic N) is 2. The Kier molecular flexibility index (Phi) is 9.32. The van der Waals surface area contributed by atoms with E-state index in [0.29, 0.717) is 32.0 Å². The van der Waals surface area contributed by atoms with E-state index in [-0.39, 0.29) is 6.54 Å². The Morgan fingerprint density at radius 1 is 1.11 bits per heavy atom. The Morgan fingerprint density at radius 2 is 1.78 bits per heavy atom. The quantitative estimate of drug-likeness (QED) is 0.363. The fraction of sp³-hybridized carbons (Fsp3) is 0.947. The summed E-state index contributed by atoms with van der Waals surface area (Å²) in [7, 11) is -3.19. The molecular weight excluding hydrogens is 364 g/mol. The van der Waals surface area contributed by atoms with Crippen molar-refractivity contribution in [3.63, 3.8) is 0 Å². The maximum atomic E-state index is 12.4. The number of hydrogen-bond donors (Lipinski definition) is 2. The van der Waals surface area contributed by atoms with E-state index >= 15 is 0 Å². The van der Waals surface area contributed by atoms with Crippen LogP contribution in [0.2, 0.25) is 0 Å². The van der Waals surface area contributed by atoms with Crippen LogP contribution in [-0.4, -0.2) is 82.8 Å². The lowest BCUT2D eigenvalue weighted by Gasteiger charge is -2.34. The van der Waals surface area contributed by atoms with E-state index in [1.165, 1.54) is 45.0 Å². The van der Waals surface area contributed by atoms with Crippen molar-refractivity contribution in [2.75, 3.05) is 58.7 Å². The molecule has 7 nitrogen and oxygen atoms in total. The highest BCUT2D eigenvalue weighted by atomic mass is 32.2. The van der Waals surface area contributed by atoms with Gasteiger partial charge in [0.1, 0.15) is 0 Å². The topological polar surface area (TPSA) is 83.0 Å². The van der Waals surface area contributed by atoms with E-state index in [1.54, 1.807) is 0 Å². The molecule has 8 heteroatoms. The molecule has 0 radical (unpaired) electrons. The standard InChI is InChI=1S/C19H38N4O3S/c1-3-20-18(21-11-8-14-23-12-6-4-5-7-13-23)22-17-19(27(2,24)25)9-15-26-16-10-19/h3-17H2,1-2H3,(H2,20,21,22). The molecule has 0 aromatic carbocycles. The average molecular weight is 403 g/mol. The lowest BCUT2D eigenvalue weighted by molar-refractivity contribution is 0.0768. The molecule has 0 spiro atoms. The van der Waals surface area contributed by atoms with Crippen LogP contribution in [-0.2, 0) is 14.6 Å². The van der Waals surface area contributed by atoms with Crippen molar-refractivity contribution in [3.8, 4) is 0 Å². The summed E-state index contributed by atoms with van der Waals surface area (Å²) in [5.41, 5.74) is 0. The van der Waals surface area contributed by atoms with Gasteiger partial charge in [-0.05, 0) is 58.7 Å². The number of guanidine groups is 1. The second kappa shape index (κ2) is 11.2. The summed E-state index contributed by atoms with van der Waals surface area (Å²) in [6, 6.07) is 0. The number of nitrogens with one attached hydrogen (secondary N) is 2. The minimum atomic E-state index is -3.19. The van der Waals surface area contributed by atoms with Crippen molar-refractivity contribution >= 4 is 15.8 Å². The maximum absolute atomic E-state index is 12.4. The second-order valence-electron chi connectivity index (χ2n) is 7.80. The van der Waals surface area contributed by atoms with Gasteiger partial charge in [0.2, 0.25) is 0 Å². The molecule has 27 heavy (non-hydrogen) atoms. The predicted octanol–water partition coefficient (Wildman–Crippen LogP) is 1.40. The molecule has 2 rings (SSSR count). The van der Waals surface area contributed by atoms with Crippen LogP contribution in [0, 0.1) is 0 Å². The van der Waals surface area contributed by atoms with Gasteiger partial charge < -0.3 is 20.3 Å². The SMILES string of the molecule is CCNC(=NCC1(S(C)(=O)=O)CCOCC1)NCCCN1CCCCCC1. The van der Waals surface area contributed by atoms with E-state index in [4.69, 9.17) is 4.74 Å². The third kappa shape index (κ3) is 7.23. The number of likely N-dealkylation sites (tertiary alicyclic amines) is 1. The molecule has 2 aliphatic heterocycles. The molecule has 2 aliphatic rings. The van der Waals surface area contributed by atoms with Gasteiger partial charge >= 0.3 is 0 Å². The second-order valence-corrected chi connectivity index (χ2v) is 10.2. The molecule has 2 fully saturated rings. The van der Waals surface area contributed by atoms with Crippen LogP contribution >= 0.6 is 0 Å². The molecule has 0 aromatic heterocycles. The molecule has 158 valence electrons. The first-order valence-electron chi connectivity index (χ1n) is 10.5. The van der Waals surface area contributed by atoms with Gasteiger partial charge in [0.25, 0.3) is 0 Å². The highest BCUT2D eigenvalue weighted by molar-refractivity contribution is 7.92. The third-order valence-corrected chi connectivity index (χ3v) is 7.81. The average Bonchev–Trinajstić information content (AvgIpc) is 2.92. The van der Waals surface area contributed by atoms with E-state index < -0.39 is 14.6 Å². The summed E-state index contributed by atoms with van der Waals surface area (Å²) in [6.45, 7) is 8.43. The smallest absolute Gasteiger partial charge is 0.191 e. The first kappa shape index (κ1) is 22.4. The summed E-state index contributed by atoms with van der Waals surface area (Å²) in [4.78, 5) is 7.18. The first-order valence-corrected chi connectivity index (χ1v) is 12.4. The minimum Gasteiger partial charge on any atom is -0.381 e. The van der Waals surface area contributed by atoms with Crippen molar-refractivity contribution in [2.45, 2.75) is 56.6 Å². The maximum Gasteiger partial charge on any atom is 0.191 e. The fourth-order valence-electron chi connectivity index (χ4n) is 3.82. The van der Waals surface area contributed by atoms with Crippen molar-refractivity contribution in [1.29, 1.82) is 0 Å². The van der Waals surface area contributed by atoms with Crippen molar-refractivity contribution in [1.82, 2.24) is 15.5 Å². The number of hydrogen-bond acceptors (Lipinski definition) is 5. The first-order chi connectivity index (χ1) is 13.0. The largest absolute Gasteiger partial charge is 0.381 e. The molecule has 2 heterocycles. The van der Waals surface area contributed by atoms with E-state index in [9.17, 15) is 8.42 Å². The van der Waals surface area contributed by atoms with Crippen molar-refractivity contribution in [3.05, 3.63) is 0 Å². The van der Waals surface area contributed by atoms with Crippen LogP contribution in [0.4, 0.5) is 0 Å². The molecule has 0 saturated carbocycles. The zero-order valence-corrected chi connectivity index (χ0v) is 18.0. The lowest BCUT2D eigenvalue weighted by atomic mass is 9.99. The van der Waals surface area contributed by atoms with Gasteiger partial charge in [0, 0.05) is 32.6 Å². The Morgan fingerprint density at radius 3 is 2.37 bits per heavy atom. The molecule has 0 amide bonds. The van der Waals surface area contributed by atoms with E-state index in [1.807, 2.05) is 6.92 Å². The van der Waals surface area contributed by atoms with Gasteiger partial charge in [-0.15, -0.1) is 0 Å². The number of sulfone groups is 1. The summed E-state index contributed by atoms with van der Waals surface area (Å²) in [5, 5.41) is 6.61. The van der Waals surface area contributed by atoms with Gasteiger partial charge in [-0.1, -0.05) is 12.8 Å². The molecule has 2 saturated heterocycles. The Bertz CT molecular complexity index is 551. The predicted molar refractivity (Wildman–Crippen MR) is 111 cm³/mol. The van der Waals surface area contributed by atoms with Gasteiger partial charge in [-0.25, -0.2) is 8.42 Å². The molecule has 0 aliphatic carbocycles. The van der Waals surface area contributed by atoms with Crippen LogP contribution in [0.25, 0.3) is 0 Å². The highest BCUT2D eigenvalue weighted by Crippen LogP contribution is 2.29. The number of aliphatic imine (C=N–C) groups is 1.